The van der Waals surface area contributed by atoms with E-state index in [1.54, 1.807) is 12.1 Å². The van der Waals surface area contributed by atoms with E-state index in [2.05, 4.69) is 12.1 Å². The van der Waals surface area contributed by atoms with E-state index < -0.39 is 5.41 Å². The molecule has 0 unspecified atom stereocenters. The second-order valence-electron chi connectivity index (χ2n) is 7.31. The number of rotatable bonds is 4. The Bertz CT molecular complexity index is 755. The zero-order chi connectivity index (χ0) is 17.4. The van der Waals surface area contributed by atoms with Gasteiger partial charge in [-0.15, -0.1) is 0 Å². The normalized spacial score (nSPS) is 24.3. The first-order valence-corrected chi connectivity index (χ1v) is 8.94. The van der Waals surface area contributed by atoms with Crippen molar-refractivity contribution in [2.45, 2.75) is 24.2 Å². The molecule has 4 heteroatoms. The van der Waals surface area contributed by atoms with Gasteiger partial charge in [0.1, 0.15) is 5.82 Å². The van der Waals surface area contributed by atoms with Gasteiger partial charge in [0.15, 0.2) is 0 Å². The monoisotopic (exact) mass is 338 g/mol. The van der Waals surface area contributed by atoms with Crippen molar-refractivity contribution in [1.82, 2.24) is 4.90 Å². The van der Waals surface area contributed by atoms with Gasteiger partial charge in [-0.3, -0.25) is 4.79 Å². The van der Waals surface area contributed by atoms with Gasteiger partial charge in [-0.05, 0) is 48.6 Å². The van der Waals surface area contributed by atoms with Gasteiger partial charge < -0.3 is 10.6 Å². The number of carbonyl (C=O) groups is 1. The lowest BCUT2D eigenvalue weighted by Crippen LogP contribution is -2.38. The molecule has 2 aromatic carbocycles. The number of halogens is 1. The van der Waals surface area contributed by atoms with E-state index in [9.17, 15) is 9.18 Å². The maximum absolute atomic E-state index is 13.2. The number of carbonyl (C=O) groups excluding carboxylic acids is 1. The summed E-state index contributed by atoms with van der Waals surface area (Å²) in [5.41, 5.74) is 7.74. The van der Waals surface area contributed by atoms with E-state index in [4.69, 9.17) is 5.73 Å². The average molecular weight is 338 g/mol. The van der Waals surface area contributed by atoms with Gasteiger partial charge in [0.2, 0.25) is 5.91 Å². The van der Waals surface area contributed by atoms with E-state index in [0.717, 1.165) is 18.4 Å². The van der Waals surface area contributed by atoms with Crippen molar-refractivity contribution in [2.75, 3.05) is 19.6 Å². The summed E-state index contributed by atoms with van der Waals surface area (Å²) in [6.45, 7) is 2.00. The predicted octanol–water partition coefficient (Wildman–Crippen LogP) is 3.06. The summed E-state index contributed by atoms with van der Waals surface area (Å²) in [5.74, 6) is 0.492. The molecular formula is C21H23FN2O. The fraction of sp³-hybridized carbons (Fsp3) is 0.381. The van der Waals surface area contributed by atoms with Crippen molar-refractivity contribution in [1.29, 1.82) is 0 Å². The SMILES string of the molecule is NC[C@@H]1CN(C(=O)C2(c3ccc(F)cc3)CC2)C[C@H]1c1ccccc1. The summed E-state index contributed by atoms with van der Waals surface area (Å²) in [6.07, 6.45) is 1.69. The molecule has 3 nitrogen and oxygen atoms in total. The molecule has 2 aliphatic rings. The molecule has 0 radical (unpaired) electrons. The van der Waals surface area contributed by atoms with Crippen LogP contribution < -0.4 is 5.73 Å². The molecule has 2 atom stereocenters. The van der Waals surface area contributed by atoms with Gasteiger partial charge in [0.25, 0.3) is 0 Å². The molecule has 2 fully saturated rings. The highest BCUT2D eigenvalue weighted by Gasteiger charge is 2.54. The van der Waals surface area contributed by atoms with E-state index >= 15 is 0 Å². The number of likely N-dealkylation sites (tertiary alicyclic amines) is 1. The summed E-state index contributed by atoms with van der Waals surface area (Å²) in [6, 6.07) is 16.7. The standard InChI is InChI=1S/C21H23FN2O/c22-18-8-6-17(7-9-18)21(10-11-21)20(25)24-13-16(12-23)19(14-24)15-4-2-1-3-5-15/h1-9,16,19H,10-14,23H2/t16-,19+/m1/s1. The van der Waals surface area contributed by atoms with Crippen molar-refractivity contribution >= 4 is 5.91 Å². The highest BCUT2D eigenvalue weighted by Crippen LogP contribution is 2.50. The highest BCUT2D eigenvalue weighted by atomic mass is 19.1. The number of nitrogens with two attached hydrogens (primary N) is 1. The lowest BCUT2D eigenvalue weighted by molar-refractivity contribution is -0.133. The van der Waals surface area contributed by atoms with Crippen LogP contribution in [0.5, 0.6) is 0 Å². The van der Waals surface area contributed by atoms with Gasteiger partial charge in [0, 0.05) is 19.0 Å². The zero-order valence-corrected chi connectivity index (χ0v) is 14.2. The van der Waals surface area contributed by atoms with E-state index in [1.165, 1.54) is 17.7 Å². The minimum absolute atomic E-state index is 0.177. The number of hydrogen-bond donors (Lipinski definition) is 1. The van der Waals surface area contributed by atoms with Crippen LogP contribution in [0.3, 0.4) is 0 Å². The van der Waals surface area contributed by atoms with Crippen LogP contribution in [0, 0.1) is 11.7 Å². The molecule has 1 saturated heterocycles. The first-order valence-electron chi connectivity index (χ1n) is 8.94. The van der Waals surface area contributed by atoms with Crippen LogP contribution in [0.25, 0.3) is 0 Å². The molecule has 2 N–H and O–H groups in total. The second-order valence-corrected chi connectivity index (χ2v) is 7.31. The Morgan fingerprint density at radius 1 is 1.08 bits per heavy atom. The summed E-state index contributed by atoms with van der Waals surface area (Å²) in [7, 11) is 0. The molecule has 2 aromatic rings. The summed E-state index contributed by atoms with van der Waals surface area (Å²) < 4.78 is 13.2. The first-order chi connectivity index (χ1) is 12.1. The average Bonchev–Trinajstić information content (AvgIpc) is 3.34. The molecule has 1 aliphatic carbocycles. The van der Waals surface area contributed by atoms with Gasteiger partial charge in [-0.2, -0.15) is 0 Å². The Hall–Kier alpha value is -2.20. The van der Waals surface area contributed by atoms with Crippen molar-refractivity contribution in [3.8, 4) is 0 Å². The predicted molar refractivity (Wildman–Crippen MR) is 95.6 cm³/mol. The summed E-state index contributed by atoms with van der Waals surface area (Å²) in [5, 5.41) is 0. The van der Waals surface area contributed by atoms with Crippen molar-refractivity contribution in [3.63, 3.8) is 0 Å². The molecule has 4 rings (SSSR count). The molecule has 1 aliphatic heterocycles. The van der Waals surface area contributed by atoms with Crippen molar-refractivity contribution in [3.05, 3.63) is 71.5 Å². The third-order valence-corrected chi connectivity index (χ3v) is 5.81. The Labute approximate surface area is 147 Å². The molecule has 0 spiro atoms. The van der Waals surface area contributed by atoms with Crippen LogP contribution in [-0.2, 0) is 10.2 Å². The van der Waals surface area contributed by atoms with Gasteiger partial charge in [-0.1, -0.05) is 42.5 Å². The summed E-state index contributed by atoms with van der Waals surface area (Å²) >= 11 is 0. The third kappa shape index (κ3) is 2.85. The minimum Gasteiger partial charge on any atom is -0.341 e. The van der Waals surface area contributed by atoms with Gasteiger partial charge in [0.05, 0.1) is 5.41 Å². The molecule has 0 aromatic heterocycles. The Morgan fingerprint density at radius 3 is 2.36 bits per heavy atom. The van der Waals surface area contributed by atoms with Gasteiger partial charge >= 0.3 is 0 Å². The molecular weight excluding hydrogens is 315 g/mol. The largest absolute Gasteiger partial charge is 0.341 e. The first kappa shape index (κ1) is 16.3. The quantitative estimate of drug-likeness (QED) is 0.931. The Balaban J connectivity index is 1.56. The van der Waals surface area contributed by atoms with E-state index in [0.29, 0.717) is 25.6 Å². The maximum Gasteiger partial charge on any atom is 0.233 e. The van der Waals surface area contributed by atoms with E-state index in [-0.39, 0.29) is 17.6 Å². The Kier molecular flexibility index (Phi) is 4.08. The number of nitrogens with zero attached hydrogens (tertiary/aromatic N) is 1. The highest BCUT2D eigenvalue weighted by molar-refractivity contribution is 5.91. The molecule has 1 saturated carbocycles. The molecule has 1 amide bonds. The van der Waals surface area contributed by atoms with Crippen molar-refractivity contribution < 1.29 is 9.18 Å². The van der Waals surface area contributed by atoms with Crippen LogP contribution in [0.4, 0.5) is 4.39 Å². The number of hydrogen-bond acceptors (Lipinski definition) is 2. The maximum atomic E-state index is 13.2. The smallest absolute Gasteiger partial charge is 0.233 e. The second kappa shape index (κ2) is 6.26. The molecule has 25 heavy (non-hydrogen) atoms. The Morgan fingerprint density at radius 2 is 1.76 bits per heavy atom. The van der Waals surface area contributed by atoms with E-state index in [1.807, 2.05) is 23.1 Å². The van der Waals surface area contributed by atoms with Crippen LogP contribution >= 0.6 is 0 Å². The molecule has 130 valence electrons. The number of amides is 1. The van der Waals surface area contributed by atoms with Crippen LogP contribution in [0.2, 0.25) is 0 Å². The third-order valence-electron chi connectivity index (χ3n) is 5.81. The summed E-state index contributed by atoms with van der Waals surface area (Å²) in [4.78, 5) is 15.2. The van der Waals surface area contributed by atoms with Gasteiger partial charge in [-0.25, -0.2) is 4.39 Å². The molecule has 0 bridgehead atoms. The van der Waals surface area contributed by atoms with Crippen molar-refractivity contribution in [2.24, 2.45) is 11.7 Å². The molecule has 1 heterocycles. The van der Waals surface area contributed by atoms with Crippen LogP contribution in [0.15, 0.2) is 54.6 Å². The fourth-order valence-electron chi connectivity index (χ4n) is 4.18. The lowest BCUT2D eigenvalue weighted by atomic mass is 9.89. The van der Waals surface area contributed by atoms with Crippen LogP contribution in [0.1, 0.15) is 29.9 Å². The van der Waals surface area contributed by atoms with Crippen LogP contribution in [-0.4, -0.2) is 30.4 Å². The fourth-order valence-corrected chi connectivity index (χ4v) is 4.18. The zero-order valence-electron chi connectivity index (χ0n) is 14.2. The number of benzene rings is 2. The lowest BCUT2D eigenvalue weighted by Gasteiger charge is -2.24. The minimum atomic E-state index is -0.446. The topological polar surface area (TPSA) is 46.3 Å².